The number of aromatic nitrogens is 2. The highest BCUT2D eigenvalue weighted by atomic mass is 35.5. The number of hydrogen-bond donors (Lipinski definition) is 1. The molecule has 1 aromatic heterocycles. The van der Waals surface area contributed by atoms with Crippen LogP contribution >= 0.6 is 11.6 Å². The molecule has 1 heterocycles. The lowest BCUT2D eigenvalue weighted by Gasteiger charge is -2.03. The Morgan fingerprint density at radius 3 is 2.67 bits per heavy atom. The van der Waals surface area contributed by atoms with E-state index in [4.69, 9.17) is 11.6 Å². The van der Waals surface area contributed by atoms with Gasteiger partial charge in [-0.1, -0.05) is 17.7 Å². The third-order valence-electron chi connectivity index (χ3n) is 1.90. The molecule has 0 atom stereocenters. The van der Waals surface area contributed by atoms with Gasteiger partial charge >= 0.3 is 0 Å². The van der Waals surface area contributed by atoms with E-state index in [0.717, 1.165) is 0 Å². The number of aromatic amines is 1. The summed E-state index contributed by atoms with van der Waals surface area (Å²) in [5, 5.41) is 6.19. The second-order valence-corrected chi connectivity index (χ2v) is 3.31. The summed E-state index contributed by atoms with van der Waals surface area (Å²) in [4.78, 5) is 10.8. The number of rotatable bonds is 1. The van der Waals surface area contributed by atoms with E-state index < -0.39 is 5.82 Å². The molecule has 1 aromatic carbocycles. The van der Waals surface area contributed by atoms with Crippen LogP contribution in [-0.4, -0.2) is 10.2 Å². The first-order valence-corrected chi connectivity index (χ1v) is 4.56. The number of nitrogens with zero attached hydrogens (tertiary/aromatic N) is 1. The maximum absolute atomic E-state index is 13.4. The van der Waals surface area contributed by atoms with Crippen molar-refractivity contribution in [3.63, 3.8) is 0 Å². The van der Waals surface area contributed by atoms with Crippen LogP contribution in [0.25, 0.3) is 11.3 Å². The van der Waals surface area contributed by atoms with Crippen molar-refractivity contribution in [2.75, 3.05) is 0 Å². The normalized spacial score (nSPS) is 10.3. The van der Waals surface area contributed by atoms with Gasteiger partial charge in [-0.05, 0) is 18.2 Å². The van der Waals surface area contributed by atoms with Gasteiger partial charge in [0.05, 0.1) is 16.3 Å². The van der Waals surface area contributed by atoms with Crippen molar-refractivity contribution >= 4 is 11.6 Å². The van der Waals surface area contributed by atoms with Crippen LogP contribution in [0.4, 0.5) is 4.39 Å². The first-order chi connectivity index (χ1) is 7.18. The van der Waals surface area contributed by atoms with Crippen molar-refractivity contribution in [1.29, 1.82) is 0 Å². The van der Waals surface area contributed by atoms with Crippen LogP contribution in [0, 0.1) is 5.82 Å². The number of benzene rings is 1. The van der Waals surface area contributed by atoms with E-state index >= 15 is 0 Å². The molecule has 0 bridgehead atoms. The van der Waals surface area contributed by atoms with Crippen LogP contribution in [0.3, 0.4) is 0 Å². The second kappa shape index (κ2) is 3.82. The highest BCUT2D eigenvalue weighted by Gasteiger charge is 2.10. The van der Waals surface area contributed by atoms with Gasteiger partial charge in [0.25, 0.3) is 5.56 Å². The topological polar surface area (TPSA) is 45.8 Å². The predicted molar refractivity (Wildman–Crippen MR) is 55.3 cm³/mol. The monoisotopic (exact) mass is 224 g/mol. The van der Waals surface area contributed by atoms with Crippen molar-refractivity contribution in [3.8, 4) is 11.3 Å². The van der Waals surface area contributed by atoms with Gasteiger partial charge in [0, 0.05) is 6.07 Å². The quantitative estimate of drug-likeness (QED) is 0.808. The van der Waals surface area contributed by atoms with Crippen molar-refractivity contribution in [2.45, 2.75) is 0 Å². The molecule has 0 spiro atoms. The van der Waals surface area contributed by atoms with Gasteiger partial charge < -0.3 is 0 Å². The van der Waals surface area contributed by atoms with Crippen molar-refractivity contribution in [2.24, 2.45) is 0 Å². The molecule has 0 aliphatic heterocycles. The predicted octanol–water partition coefficient (Wildman–Crippen LogP) is 2.23. The summed E-state index contributed by atoms with van der Waals surface area (Å²) in [6.07, 6.45) is 0. The highest BCUT2D eigenvalue weighted by Crippen LogP contribution is 2.27. The standard InChI is InChI=1S/C10H6ClFN2O/c11-6-2-1-3-7(12)10(6)8-4-5-9(15)14-13-8/h1-5H,(H,14,15). The minimum absolute atomic E-state index is 0.190. The first-order valence-electron chi connectivity index (χ1n) is 4.18. The Balaban J connectivity index is 2.63. The minimum atomic E-state index is -0.470. The second-order valence-electron chi connectivity index (χ2n) is 2.90. The molecule has 0 saturated heterocycles. The van der Waals surface area contributed by atoms with Crippen LogP contribution in [0.2, 0.25) is 5.02 Å². The van der Waals surface area contributed by atoms with E-state index in [1.807, 2.05) is 0 Å². The fraction of sp³-hybridized carbons (Fsp3) is 0. The fourth-order valence-electron chi connectivity index (χ4n) is 1.23. The van der Waals surface area contributed by atoms with Crippen molar-refractivity contribution < 1.29 is 4.39 Å². The highest BCUT2D eigenvalue weighted by molar-refractivity contribution is 6.33. The lowest BCUT2D eigenvalue weighted by atomic mass is 10.1. The molecule has 15 heavy (non-hydrogen) atoms. The molecular weight excluding hydrogens is 219 g/mol. The van der Waals surface area contributed by atoms with E-state index in [1.54, 1.807) is 6.07 Å². The Labute approximate surface area is 89.5 Å². The van der Waals surface area contributed by atoms with E-state index in [1.165, 1.54) is 24.3 Å². The summed E-state index contributed by atoms with van der Waals surface area (Å²) < 4.78 is 13.4. The molecule has 0 fully saturated rings. The largest absolute Gasteiger partial charge is 0.268 e. The molecule has 0 saturated carbocycles. The van der Waals surface area contributed by atoms with Crippen LogP contribution in [0.5, 0.6) is 0 Å². The Morgan fingerprint density at radius 1 is 1.27 bits per heavy atom. The fourth-order valence-corrected chi connectivity index (χ4v) is 1.49. The van der Waals surface area contributed by atoms with Gasteiger partial charge in [-0.15, -0.1) is 0 Å². The number of H-pyrrole nitrogens is 1. The third kappa shape index (κ3) is 1.89. The molecule has 5 heteroatoms. The number of halogens is 2. The smallest absolute Gasteiger partial charge is 0.264 e. The lowest BCUT2D eigenvalue weighted by molar-refractivity contribution is 0.630. The summed E-state index contributed by atoms with van der Waals surface area (Å²) >= 11 is 5.83. The Bertz CT molecular complexity index is 513. The zero-order valence-corrected chi connectivity index (χ0v) is 8.25. The molecule has 2 aromatic rings. The first kappa shape index (κ1) is 9.86. The van der Waals surface area contributed by atoms with Crippen molar-refractivity contribution in [1.82, 2.24) is 10.2 Å². The summed E-state index contributed by atoms with van der Waals surface area (Å²) in [5.74, 6) is -0.470. The Kier molecular flexibility index (Phi) is 2.51. The molecule has 0 amide bonds. The van der Waals surface area contributed by atoms with Crippen LogP contribution < -0.4 is 5.56 Å². The molecule has 0 radical (unpaired) electrons. The maximum Gasteiger partial charge on any atom is 0.264 e. The van der Waals surface area contributed by atoms with Gasteiger partial charge in [-0.25, -0.2) is 9.49 Å². The Hall–Kier alpha value is -1.68. The van der Waals surface area contributed by atoms with Gasteiger partial charge in [-0.2, -0.15) is 5.10 Å². The van der Waals surface area contributed by atoms with E-state index in [2.05, 4.69) is 10.2 Å². The zero-order valence-electron chi connectivity index (χ0n) is 7.50. The molecule has 0 aliphatic rings. The van der Waals surface area contributed by atoms with Gasteiger partial charge in [-0.3, -0.25) is 4.79 Å². The zero-order chi connectivity index (χ0) is 10.8. The molecule has 0 unspecified atom stereocenters. The van der Waals surface area contributed by atoms with E-state index in [9.17, 15) is 9.18 Å². The maximum atomic E-state index is 13.4. The average molecular weight is 225 g/mol. The lowest BCUT2D eigenvalue weighted by Crippen LogP contribution is -2.06. The third-order valence-corrected chi connectivity index (χ3v) is 2.21. The molecule has 3 nitrogen and oxygen atoms in total. The SMILES string of the molecule is O=c1ccc(-c2c(F)cccc2Cl)n[nH]1. The molecule has 76 valence electrons. The molecule has 0 aliphatic carbocycles. The van der Waals surface area contributed by atoms with Crippen LogP contribution in [0.1, 0.15) is 0 Å². The molecule has 2 rings (SSSR count). The van der Waals surface area contributed by atoms with Gasteiger partial charge in [0.2, 0.25) is 0 Å². The average Bonchev–Trinajstić information content (AvgIpc) is 2.20. The van der Waals surface area contributed by atoms with E-state index in [0.29, 0.717) is 5.69 Å². The molecular formula is C10H6ClFN2O. The number of nitrogens with one attached hydrogen (secondary N) is 1. The van der Waals surface area contributed by atoms with Gasteiger partial charge in [0.15, 0.2) is 0 Å². The molecule has 1 N–H and O–H groups in total. The summed E-state index contributed by atoms with van der Waals surface area (Å²) in [6, 6.07) is 7.04. The summed E-state index contributed by atoms with van der Waals surface area (Å²) in [6.45, 7) is 0. The van der Waals surface area contributed by atoms with Gasteiger partial charge in [0.1, 0.15) is 5.82 Å². The van der Waals surface area contributed by atoms with Crippen LogP contribution in [-0.2, 0) is 0 Å². The van der Waals surface area contributed by atoms with E-state index in [-0.39, 0.29) is 16.1 Å². The van der Waals surface area contributed by atoms with Crippen molar-refractivity contribution in [3.05, 3.63) is 51.5 Å². The van der Waals surface area contributed by atoms with Crippen LogP contribution in [0.15, 0.2) is 35.1 Å². The number of hydrogen-bond acceptors (Lipinski definition) is 2. The summed E-state index contributed by atoms with van der Waals surface area (Å²) in [7, 11) is 0. The summed E-state index contributed by atoms with van der Waals surface area (Å²) in [5.41, 5.74) is 0.152. The Morgan fingerprint density at radius 2 is 2.07 bits per heavy atom. The minimum Gasteiger partial charge on any atom is -0.268 e.